The van der Waals surface area contributed by atoms with Crippen LogP contribution in [0, 0.1) is 5.82 Å². The number of thiazole rings is 1. The maximum absolute atomic E-state index is 13.1. The van der Waals surface area contributed by atoms with Crippen LogP contribution in [0.15, 0.2) is 47.8 Å². The van der Waals surface area contributed by atoms with Gasteiger partial charge >= 0.3 is 5.97 Å². The Morgan fingerprint density at radius 2 is 1.91 bits per heavy atom. The van der Waals surface area contributed by atoms with Crippen LogP contribution in [0.5, 0.6) is 0 Å². The van der Waals surface area contributed by atoms with Gasteiger partial charge in [0.05, 0.1) is 17.0 Å². The van der Waals surface area contributed by atoms with E-state index >= 15 is 0 Å². The van der Waals surface area contributed by atoms with E-state index in [9.17, 15) is 18.8 Å². The minimum absolute atomic E-state index is 0.0301. The molecule has 0 aliphatic carbocycles. The molecule has 34 heavy (non-hydrogen) atoms. The van der Waals surface area contributed by atoms with Gasteiger partial charge in [0.1, 0.15) is 18.1 Å². The average molecular weight is 480 g/mol. The maximum atomic E-state index is 13.1. The van der Waals surface area contributed by atoms with Gasteiger partial charge in [-0.1, -0.05) is 18.2 Å². The molecule has 3 aromatic rings. The molecule has 174 valence electrons. The van der Waals surface area contributed by atoms with E-state index in [0.29, 0.717) is 30.0 Å². The van der Waals surface area contributed by atoms with Gasteiger partial charge < -0.3 is 15.0 Å². The fraction of sp³-hybridized carbons (Fsp3) is 0.280. The molecule has 2 aliphatic rings. The van der Waals surface area contributed by atoms with Gasteiger partial charge in [0, 0.05) is 35.6 Å². The first-order valence-electron chi connectivity index (χ1n) is 11.1. The van der Waals surface area contributed by atoms with E-state index in [2.05, 4.69) is 10.3 Å². The lowest BCUT2D eigenvalue weighted by atomic mass is 9.97. The Labute approximate surface area is 199 Å². The largest absolute Gasteiger partial charge is 0.457 e. The predicted octanol–water partition coefficient (Wildman–Crippen LogP) is 4.15. The number of piperidine rings is 1. The molecule has 0 bridgehead atoms. The second kappa shape index (κ2) is 9.34. The Bertz CT molecular complexity index is 1250. The van der Waals surface area contributed by atoms with Gasteiger partial charge in [0.2, 0.25) is 5.91 Å². The molecule has 3 heterocycles. The number of halogens is 1. The van der Waals surface area contributed by atoms with E-state index in [1.54, 1.807) is 35.7 Å². The smallest absolute Gasteiger partial charge is 0.338 e. The van der Waals surface area contributed by atoms with E-state index < -0.39 is 0 Å². The number of benzene rings is 2. The number of anilines is 1. The number of likely N-dealkylation sites (tertiary alicyclic amines) is 1. The zero-order chi connectivity index (χ0) is 23.7. The molecular formula is C25H22FN3O4S. The highest BCUT2D eigenvalue weighted by Crippen LogP contribution is 2.31. The Morgan fingerprint density at radius 3 is 2.68 bits per heavy atom. The number of rotatable bonds is 5. The Hall–Kier alpha value is -3.59. The highest BCUT2D eigenvalue weighted by Gasteiger charge is 2.27. The number of ether oxygens (including phenoxy) is 1. The van der Waals surface area contributed by atoms with Gasteiger partial charge in [0.15, 0.2) is 0 Å². The van der Waals surface area contributed by atoms with E-state index in [-0.39, 0.29) is 42.5 Å². The highest BCUT2D eigenvalue weighted by molar-refractivity contribution is 7.10. The number of hydrogen-bond acceptors (Lipinski definition) is 6. The van der Waals surface area contributed by atoms with Crippen LogP contribution >= 0.6 is 11.3 Å². The lowest BCUT2D eigenvalue weighted by Crippen LogP contribution is -2.38. The van der Waals surface area contributed by atoms with Crippen molar-refractivity contribution in [1.29, 1.82) is 0 Å². The van der Waals surface area contributed by atoms with Crippen LogP contribution < -0.4 is 5.32 Å². The SMILES string of the molecule is O=C(Nc1ccc2c(c1)C(=O)OC2)c1csc(C2CCN(C(=O)Cc3ccc(F)cc3)CC2)n1. The van der Waals surface area contributed by atoms with E-state index in [1.807, 2.05) is 4.90 Å². The molecule has 2 amide bonds. The minimum Gasteiger partial charge on any atom is -0.457 e. The molecule has 5 rings (SSSR count). The molecule has 0 saturated carbocycles. The molecule has 0 radical (unpaired) electrons. The molecule has 2 aromatic carbocycles. The lowest BCUT2D eigenvalue weighted by Gasteiger charge is -2.31. The summed E-state index contributed by atoms with van der Waals surface area (Å²) in [6.45, 7) is 1.50. The van der Waals surface area contributed by atoms with Crippen LogP contribution in [-0.2, 0) is 22.6 Å². The number of carbonyl (C=O) groups excluding carboxylic acids is 3. The number of fused-ring (bicyclic) bond motifs is 1. The molecule has 7 nitrogen and oxygen atoms in total. The summed E-state index contributed by atoms with van der Waals surface area (Å²) in [6, 6.07) is 11.1. The van der Waals surface area contributed by atoms with Gasteiger partial charge in [-0.05, 0) is 42.7 Å². The van der Waals surface area contributed by atoms with Crippen molar-refractivity contribution in [3.8, 4) is 0 Å². The zero-order valence-corrected chi connectivity index (χ0v) is 19.1. The van der Waals surface area contributed by atoms with Crippen LogP contribution in [0.25, 0.3) is 0 Å². The molecule has 1 fully saturated rings. The third kappa shape index (κ3) is 4.70. The molecule has 1 N–H and O–H groups in total. The first-order valence-corrected chi connectivity index (χ1v) is 11.9. The number of cyclic esters (lactones) is 1. The number of nitrogens with zero attached hydrogens (tertiary/aromatic N) is 2. The monoisotopic (exact) mass is 479 g/mol. The number of aromatic nitrogens is 1. The third-order valence-electron chi connectivity index (χ3n) is 6.17. The second-order valence-corrected chi connectivity index (χ2v) is 9.32. The second-order valence-electron chi connectivity index (χ2n) is 8.43. The Morgan fingerprint density at radius 1 is 1.15 bits per heavy atom. The molecule has 1 aromatic heterocycles. The van der Waals surface area contributed by atoms with Crippen molar-refractivity contribution in [2.75, 3.05) is 18.4 Å². The summed E-state index contributed by atoms with van der Waals surface area (Å²) in [4.78, 5) is 43.4. The topological polar surface area (TPSA) is 88.6 Å². The third-order valence-corrected chi connectivity index (χ3v) is 7.17. The average Bonchev–Trinajstić information content (AvgIpc) is 3.48. The van der Waals surface area contributed by atoms with Crippen LogP contribution in [0.3, 0.4) is 0 Å². The summed E-state index contributed by atoms with van der Waals surface area (Å²) in [7, 11) is 0. The predicted molar refractivity (Wildman–Crippen MR) is 124 cm³/mol. The summed E-state index contributed by atoms with van der Waals surface area (Å²) in [5, 5.41) is 5.41. The molecule has 0 unspecified atom stereocenters. The van der Waals surface area contributed by atoms with Crippen LogP contribution in [0.4, 0.5) is 10.1 Å². The number of esters is 1. The molecule has 1 saturated heterocycles. The molecule has 9 heteroatoms. The molecule has 0 spiro atoms. The van der Waals surface area contributed by atoms with Crippen LogP contribution in [0.1, 0.15) is 55.7 Å². The minimum atomic E-state index is -0.385. The van der Waals surface area contributed by atoms with Gasteiger partial charge in [0.25, 0.3) is 5.91 Å². The van der Waals surface area contributed by atoms with Crippen LogP contribution in [0.2, 0.25) is 0 Å². The van der Waals surface area contributed by atoms with E-state index in [4.69, 9.17) is 4.74 Å². The zero-order valence-electron chi connectivity index (χ0n) is 18.3. The first-order chi connectivity index (χ1) is 16.5. The van der Waals surface area contributed by atoms with Gasteiger partial charge in [-0.2, -0.15) is 0 Å². The van der Waals surface area contributed by atoms with Crippen molar-refractivity contribution in [3.05, 3.63) is 81.1 Å². The lowest BCUT2D eigenvalue weighted by molar-refractivity contribution is -0.131. The van der Waals surface area contributed by atoms with Crippen LogP contribution in [-0.4, -0.2) is 40.8 Å². The fourth-order valence-electron chi connectivity index (χ4n) is 4.23. The van der Waals surface area contributed by atoms with Crippen molar-refractivity contribution in [2.24, 2.45) is 0 Å². The number of carbonyl (C=O) groups is 3. The quantitative estimate of drug-likeness (QED) is 0.556. The van der Waals surface area contributed by atoms with Gasteiger partial charge in [-0.15, -0.1) is 11.3 Å². The summed E-state index contributed by atoms with van der Waals surface area (Å²) in [6.07, 6.45) is 1.81. The number of amides is 2. The molecule has 0 atom stereocenters. The van der Waals surface area contributed by atoms with E-state index in [0.717, 1.165) is 29.0 Å². The maximum Gasteiger partial charge on any atom is 0.338 e. The van der Waals surface area contributed by atoms with E-state index in [1.165, 1.54) is 23.5 Å². The molecule has 2 aliphatic heterocycles. The van der Waals surface area contributed by atoms with Crippen molar-refractivity contribution < 1.29 is 23.5 Å². The number of hydrogen-bond donors (Lipinski definition) is 1. The summed E-state index contributed by atoms with van der Waals surface area (Å²) < 4.78 is 18.1. The first kappa shape index (κ1) is 22.2. The van der Waals surface area contributed by atoms with Crippen molar-refractivity contribution in [2.45, 2.75) is 31.8 Å². The van der Waals surface area contributed by atoms with Gasteiger partial charge in [-0.25, -0.2) is 14.2 Å². The van der Waals surface area contributed by atoms with Crippen molar-refractivity contribution >= 4 is 34.8 Å². The summed E-state index contributed by atoms with van der Waals surface area (Å²) in [5.41, 5.74) is 2.92. The Kier molecular flexibility index (Phi) is 6.10. The standard InChI is InChI=1S/C25H22FN3O4S/c26-18-4-1-15(2-5-18)11-22(30)29-9-7-16(8-10-29)24-28-21(14-34-24)23(31)27-19-6-3-17-13-33-25(32)20(17)12-19/h1-6,12,14,16H,7-11,13H2,(H,27,31). The van der Waals surface area contributed by atoms with Gasteiger partial charge in [-0.3, -0.25) is 9.59 Å². The molecular weight excluding hydrogens is 457 g/mol. The van der Waals surface area contributed by atoms with Crippen molar-refractivity contribution in [1.82, 2.24) is 9.88 Å². The number of nitrogens with one attached hydrogen (secondary N) is 1. The highest BCUT2D eigenvalue weighted by atomic mass is 32.1. The fourth-order valence-corrected chi connectivity index (χ4v) is 5.20. The summed E-state index contributed by atoms with van der Waals surface area (Å²) >= 11 is 1.44. The summed E-state index contributed by atoms with van der Waals surface area (Å²) in [5.74, 6) is -0.811. The normalized spacial score (nSPS) is 15.7. The van der Waals surface area contributed by atoms with Crippen molar-refractivity contribution in [3.63, 3.8) is 0 Å². The Balaban J connectivity index is 1.16.